The number of alkyl halides is 3. The Labute approximate surface area is 142 Å². The fourth-order valence-electron chi connectivity index (χ4n) is 2.12. The Balaban J connectivity index is 2.40. The third kappa shape index (κ3) is 4.96. The van der Waals surface area contributed by atoms with Gasteiger partial charge in [0.15, 0.2) is 16.4 Å². The number of ether oxygens (including phenoxy) is 1. The van der Waals surface area contributed by atoms with Crippen LogP contribution in [0.3, 0.4) is 0 Å². The Morgan fingerprint density at radius 3 is 2.20 bits per heavy atom. The van der Waals surface area contributed by atoms with Gasteiger partial charge in [0.05, 0.1) is 4.90 Å². The molecule has 1 amide bonds. The zero-order valence-electron chi connectivity index (χ0n) is 13.0. The Hall–Kier alpha value is -2.55. The maximum absolute atomic E-state index is 12.1. The lowest BCUT2D eigenvalue weighted by atomic mass is 10.0. The second-order valence-electron chi connectivity index (χ2n) is 5.28. The first-order valence-corrected chi connectivity index (χ1v) is 8.80. The van der Waals surface area contributed by atoms with Gasteiger partial charge in [0.2, 0.25) is 5.91 Å². The van der Waals surface area contributed by atoms with E-state index >= 15 is 0 Å². The van der Waals surface area contributed by atoms with Gasteiger partial charge >= 0.3 is 6.18 Å². The van der Waals surface area contributed by atoms with E-state index in [9.17, 15) is 26.4 Å². The Morgan fingerprint density at radius 1 is 1.12 bits per heavy atom. The van der Waals surface area contributed by atoms with Crippen molar-refractivity contribution in [2.75, 3.05) is 12.9 Å². The molecule has 0 aliphatic heterocycles. The zero-order chi connectivity index (χ0) is 18.8. The van der Waals surface area contributed by atoms with Gasteiger partial charge in [-0.3, -0.25) is 4.79 Å². The summed E-state index contributed by atoms with van der Waals surface area (Å²) in [5.41, 5.74) is 5.94. The van der Waals surface area contributed by atoms with Crippen LogP contribution in [-0.2, 0) is 9.84 Å². The van der Waals surface area contributed by atoms with Gasteiger partial charge in [-0.05, 0) is 29.8 Å². The molecule has 0 bridgehead atoms. The van der Waals surface area contributed by atoms with Crippen molar-refractivity contribution in [2.24, 2.45) is 5.73 Å². The monoisotopic (exact) mass is 373 g/mol. The molecule has 0 aromatic heterocycles. The summed E-state index contributed by atoms with van der Waals surface area (Å²) < 4.78 is 65.0. The van der Waals surface area contributed by atoms with Gasteiger partial charge in [0.25, 0.3) is 0 Å². The Kier molecular flexibility index (Phi) is 5.07. The molecular formula is C16H14F3NO4S. The van der Waals surface area contributed by atoms with E-state index in [1.165, 1.54) is 42.5 Å². The summed E-state index contributed by atoms with van der Waals surface area (Å²) in [4.78, 5) is 11.1. The van der Waals surface area contributed by atoms with Crippen LogP contribution in [0, 0.1) is 0 Å². The summed E-state index contributed by atoms with van der Waals surface area (Å²) in [6.45, 7) is -1.42. The first kappa shape index (κ1) is 18.8. The normalized spacial score (nSPS) is 12.0. The lowest BCUT2D eigenvalue weighted by molar-refractivity contribution is -0.153. The number of carbonyl (C=O) groups excluding carboxylic acids is 1. The van der Waals surface area contributed by atoms with E-state index in [1.807, 2.05) is 0 Å². The van der Waals surface area contributed by atoms with Crippen molar-refractivity contribution in [3.05, 3.63) is 48.0 Å². The van der Waals surface area contributed by atoms with Crippen LogP contribution in [0.25, 0.3) is 11.1 Å². The summed E-state index contributed by atoms with van der Waals surface area (Å²) >= 11 is 0. The highest BCUT2D eigenvalue weighted by Gasteiger charge is 2.28. The number of carbonyl (C=O) groups is 1. The van der Waals surface area contributed by atoms with Gasteiger partial charge in [-0.1, -0.05) is 18.2 Å². The number of hydrogen-bond donors (Lipinski definition) is 1. The van der Waals surface area contributed by atoms with Crippen molar-refractivity contribution in [3.63, 3.8) is 0 Å². The van der Waals surface area contributed by atoms with Gasteiger partial charge in [-0.25, -0.2) is 8.42 Å². The van der Waals surface area contributed by atoms with Gasteiger partial charge < -0.3 is 10.5 Å². The number of amides is 1. The van der Waals surface area contributed by atoms with E-state index in [0.29, 0.717) is 11.1 Å². The maximum Gasteiger partial charge on any atom is 0.422 e. The average Bonchev–Trinajstić information content (AvgIpc) is 2.51. The maximum atomic E-state index is 12.1. The first-order chi connectivity index (χ1) is 11.5. The highest BCUT2D eigenvalue weighted by molar-refractivity contribution is 7.90. The van der Waals surface area contributed by atoms with Crippen LogP contribution in [-0.4, -0.2) is 33.4 Å². The predicted molar refractivity (Wildman–Crippen MR) is 85.1 cm³/mol. The molecule has 0 saturated heterocycles. The quantitative estimate of drug-likeness (QED) is 0.873. The molecule has 0 unspecified atom stereocenters. The van der Waals surface area contributed by atoms with Crippen LogP contribution >= 0.6 is 0 Å². The molecule has 2 aromatic rings. The summed E-state index contributed by atoms with van der Waals surface area (Å²) in [6.07, 6.45) is -3.47. The number of primary amides is 1. The Morgan fingerprint density at radius 2 is 1.72 bits per heavy atom. The van der Waals surface area contributed by atoms with Crippen LogP contribution in [0.4, 0.5) is 13.2 Å². The van der Waals surface area contributed by atoms with Gasteiger partial charge in [-0.15, -0.1) is 0 Å². The minimum Gasteiger partial charge on any atom is -0.484 e. The number of rotatable bonds is 5. The van der Waals surface area contributed by atoms with Gasteiger partial charge in [-0.2, -0.15) is 13.2 Å². The van der Waals surface area contributed by atoms with Crippen molar-refractivity contribution in [2.45, 2.75) is 11.1 Å². The predicted octanol–water partition coefficient (Wildman–Crippen LogP) is 2.80. The van der Waals surface area contributed by atoms with E-state index in [4.69, 9.17) is 5.73 Å². The highest BCUT2D eigenvalue weighted by Crippen LogP contribution is 2.30. The standard InChI is InChI=1S/C16H14F3NO4S/c1-25(22,23)14-8-11(15(20)21)4-7-13(14)10-2-5-12(6-3-10)24-9-16(17,18)19/h2-8H,9H2,1H3,(H2,20,21). The fraction of sp³-hybridized carbons (Fsp3) is 0.188. The molecule has 0 radical (unpaired) electrons. The van der Waals surface area contributed by atoms with Crippen molar-refractivity contribution in [1.82, 2.24) is 0 Å². The second-order valence-corrected chi connectivity index (χ2v) is 7.26. The number of halogens is 3. The molecular weight excluding hydrogens is 359 g/mol. The molecule has 5 nitrogen and oxygen atoms in total. The van der Waals surface area contributed by atoms with Crippen LogP contribution in [0.2, 0.25) is 0 Å². The molecule has 0 fully saturated rings. The third-order valence-corrected chi connectivity index (χ3v) is 4.37. The molecule has 0 saturated carbocycles. The molecule has 0 atom stereocenters. The summed E-state index contributed by atoms with van der Waals surface area (Å²) in [5.74, 6) is -0.775. The van der Waals surface area contributed by atoms with Gasteiger partial charge in [0, 0.05) is 17.4 Å². The van der Waals surface area contributed by atoms with Gasteiger partial charge in [0.1, 0.15) is 5.75 Å². The lowest BCUT2D eigenvalue weighted by Crippen LogP contribution is -2.19. The van der Waals surface area contributed by atoms with Crippen molar-refractivity contribution < 1.29 is 31.1 Å². The topological polar surface area (TPSA) is 86.5 Å². The summed E-state index contributed by atoms with van der Waals surface area (Å²) in [6, 6.07) is 9.42. The second kappa shape index (κ2) is 6.75. The number of benzene rings is 2. The molecule has 2 N–H and O–H groups in total. The fourth-order valence-corrected chi connectivity index (χ4v) is 3.04. The van der Waals surface area contributed by atoms with Crippen molar-refractivity contribution in [3.8, 4) is 16.9 Å². The van der Waals surface area contributed by atoms with Crippen molar-refractivity contribution >= 4 is 15.7 Å². The molecule has 0 aliphatic carbocycles. The average molecular weight is 373 g/mol. The van der Waals surface area contributed by atoms with E-state index < -0.39 is 28.5 Å². The number of sulfone groups is 1. The van der Waals surface area contributed by atoms with Crippen LogP contribution in [0.5, 0.6) is 5.75 Å². The van der Waals surface area contributed by atoms with E-state index in [2.05, 4.69) is 4.74 Å². The van der Waals surface area contributed by atoms with E-state index in [-0.39, 0.29) is 16.2 Å². The molecule has 0 heterocycles. The largest absolute Gasteiger partial charge is 0.484 e. The molecule has 2 rings (SSSR count). The zero-order valence-corrected chi connectivity index (χ0v) is 13.8. The summed E-state index contributed by atoms with van der Waals surface area (Å²) in [7, 11) is -3.67. The van der Waals surface area contributed by atoms with Crippen LogP contribution in [0.1, 0.15) is 10.4 Å². The first-order valence-electron chi connectivity index (χ1n) is 6.91. The van der Waals surface area contributed by atoms with E-state index in [0.717, 1.165) is 6.26 Å². The smallest absolute Gasteiger partial charge is 0.422 e. The summed E-state index contributed by atoms with van der Waals surface area (Å²) in [5, 5.41) is 0. The minimum atomic E-state index is -4.45. The van der Waals surface area contributed by atoms with Crippen LogP contribution < -0.4 is 10.5 Å². The SMILES string of the molecule is CS(=O)(=O)c1cc(C(N)=O)ccc1-c1ccc(OCC(F)(F)F)cc1. The minimum absolute atomic E-state index is 0.00395. The molecule has 2 aromatic carbocycles. The molecule has 0 spiro atoms. The molecule has 25 heavy (non-hydrogen) atoms. The lowest BCUT2D eigenvalue weighted by Gasteiger charge is -2.12. The Bertz CT molecular complexity index is 891. The van der Waals surface area contributed by atoms with Crippen molar-refractivity contribution in [1.29, 1.82) is 0 Å². The molecule has 0 aliphatic rings. The third-order valence-electron chi connectivity index (χ3n) is 3.23. The molecule has 134 valence electrons. The van der Waals surface area contributed by atoms with E-state index in [1.54, 1.807) is 0 Å². The molecule has 9 heteroatoms. The highest BCUT2D eigenvalue weighted by atomic mass is 32.2. The van der Waals surface area contributed by atoms with Crippen LogP contribution in [0.15, 0.2) is 47.4 Å². The number of hydrogen-bond acceptors (Lipinski definition) is 4. The number of nitrogens with two attached hydrogens (primary N) is 1.